The van der Waals surface area contributed by atoms with Crippen molar-refractivity contribution in [1.29, 1.82) is 0 Å². The van der Waals surface area contributed by atoms with E-state index < -0.39 is 0 Å². The second-order valence-electron chi connectivity index (χ2n) is 7.23. The highest BCUT2D eigenvalue weighted by atomic mass is 32.2. The first kappa shape index (κ1) is 18.0. The molecule has 1 aliphatic heterocycles. The second kappa shape index (κ2) is 7.60. The molecule has 0 unspecified atom stereocenters. The summed E-state index contributed by atoms with van der Waals surface area (Å²) in [6.45, 7) is 10.2. The predicted molar refractivity (Wildman–Crippen MR) is 101 cm³/mol. The number of carbonyl (C=O) groups is 1. The Hall–Kier alpha value is -1.82. The average molecular weight is 359 g/mol. The van der Waals surface area contributed by atoms with Crippen molar-refractivity contribution in [2.45, 2.75) is 39.3 Å². The maximum absolute atomic E-state index is 12.6. The van der Waals surface area contributed by atoms with E-state index in [2.05, 4.69) is 55.2 Å². The number of aromatic nitrogens is 3. The Morgan fingerprint density at radius 3 is 2.40 bits per heavy atom. The van der Waals surface area contributed by atoms with Gasteiger partial charge >= 0.3 is 0 Å². The van der Waals surface area contributed by atoms with E-state index in [0.29, 0.717) is 17.6 Å². The molecule has 134 valence electrons. The molecule has 2 atom stereocenters. The number of carbonyl (C=O) groups excluding carboxylic acids is 1. The lowest BCUT2D eigenvalue weighted by Gasteiger charge is -2.34. The van der Waals surface area contributed by atoms with Crippen molar-refractivity contribution in [2.24, 2.45) is 11.8 Å². The Morgan fingerprint density at radius 2 is 1.76 bits per heavy atom. The molecule has 1 aromatic carbocycles. The number of piperidine rings is 1. The number of likely N-dealkylation sites (tertiary alicyclic amines) is 1. The quantitative estimate of drug-likeness (QED) is 0.785. The number of nitrogens with zero attached hydrogens (tertiary/aromatic N) is 4. The highest BCUT2D eigenvalue weighted by Crippen LogP contribution is 2.25. The standard InChI is InChI=1S/C19H26N4OS/c1-13-5-7-17(8-6-13)23-16(4)20-21-19(23)25-12-18(24)22-10-14(2)9-15(3)11-22/h5-8,14-15H,9-12H2,1-4H3/t14-,15-/m0/s1. The van der Waals surface area contributed by atoms with Crippen LogP contribution >= 0.6 is 11.8 Å². The van der Waals surface area contributed by atoms with Gasteiger partial charge in [0.1, 0.15) is 5.82 Å². The van der Waals surface area contributed by atoms with Crippen LogP contribution in [-0.2, 0) is 4.79 Å². The van der Waals surface area contributed by atoms with Gasteiger partial charge in [-0.2, -0.15) is 0 Å². The zero-order chi connectivity index (χ0) is 18.0. The van der Waals surface area contributed by atoms with Crippen molar-refractivity contribution < 1.29 is 4.79 Å². The molecule has 2 heterocycles. The molecule has 0 spiro atoms. The van der Waals surface area contributed by atoms with E-state index >= 15 is 0 Å². The summed E-state index contributed by atoms with van der Waals surface area (Å²) in [5.41, 5.74) is 2.25. The summed E-state index contributed by atoms with van der Waals surface area (Å²) < 4.78 is 2.01. The molecule has 1 aromatic heterocycles. The second-order valence-corrected chi connectivity index (χ2v) is 8.18. The third kappa shape index (κ3) is 4.24. The van der Waals surface area contributed by atoms with Crippen molar-refractivity contribution in [3.8, 4) is 5.69 Å². The minimum absolute atomic E-state index is 0.194. The molecule has 1 fully saturated rings. The van der Waals surface area contributed by atoms with Crippen molar-refractivity contribution >= 4 is 17.7 Å². The topological polar surface area (TPSA) is 51.0 Å². The van der Waals surface area contributed by atoms with E-state index in [1.165, 1.54) is 23.7 Å². The summed E-state index contributed by atoms with van der Waals surface area (Å²) >= 11 is 1.47. The maximum Gasteiger partial charge on any atom is 0.233 e. The lowest BCUT2D eigenvalue weighted by atomic mass is 9.92. The molecule has 25 heavy (non-hydrogen) atoms. The van der Waals surface area contributed by atoms with E-state index in [9.17, 15) is 4.79 Å². The van der Waals surface area contributed by atoms with Crippen LogP contribution in [0.5, 0.6) is 0 Å². The third-order valence-corrected chi connectivity index (χ3v) is 5.55. The Labute approximate surface area is 153 Å². The summed E-state index contributed by atoms with van der Waals surface area (Å²) in [7, 11) is 0. The summed E-state index contributed by atoms with van der Waals surface area (Å²) in [5, 5.41) is 9.24. The monoisotopic (exact) mass is 358 g/mol. The van der Waals surface area contributed by atoms with Gasteiger partial charge < -0.3 is 4.90 Å². The van der Waals surface area contributed by atoms with Crippen LogP contribution in [-0.4, -0.2) is 44.4 Å². The molecule has 1 aliphatic rings. The molecule has 1 saturated heterocycles. The normalized spacial score (nSPS) is 20.7. The van der Waals surface area contributed by atoms with E-state index in [0.717, 1.165) is 29.8 Å². The van der Waals surface area contributed by atoms with Gasteiger partial charge in [-0.1, -0.05) is 43.3 Å². The van der Waals surface area contributed by atoms with Crippen LogP contribution in [0.15, 0.2) is 29.4 Å². The largest absolute Gasteiger partial charge is 0.341 e. The van der Waals surface area contributed by atoms with Crippen LogP contribution in [0.25, 0.3) is 5.69 Å². The predicted octanol–water partition coefficient (Wildman–Crippen LogP) is 3.48. The molecular weight excluding hydrogens is 332 g/mol. The SMILES string of the molecule is Cc1ccc(-n2c(C)nnc2SCC(=O)N2C[C@@H](C)C[C@H](C)C2)cc1. The molecule has 2 aromatic rings. The Balaban J connectivity index is 1.70. The Bertz CT molecular complexity index is 730. The first-order valence-corrected chi connectivity index (χ1v) is 9.82. The number of aryl methyl sites for hydroxylation is 2. The van der Waals surface area contributed by atoms with Gasteiger partial charge in [-0.05, 0) is 44.2 Å². The highest BCUT2D eigenvalue weighted by molar-refractivity contribution is 7.99. The van der Waals surface area contributed by atoms with Gasteiger partial charge in [-0.3, -0.25) is 9.36 Å². The fourth-order valence-corrected chi connectivity index (χ4v) is 4.41. The molecular formula is C19H26N4OS. The first-order valence-electron chi connectivity index (χ1n) is 8.83. The minimum atomic E-state index is 0.194. The van der Waals surface area contributed by atoms with Crippen LogP contribution in [0.3, 0.4) is 0 Å². The average Bonchev–Trinajstić information content (AvgIpc) is 2.93. The number of amides is 1. The smallest absolute Gasteiger partial charge is 0.233 e. The summed E-state index contributed by atoms with van der Waals surface area (Å²) in [6, 6.07) is 8.27. The summed E-state index contributed by atoms with van der Waals surface area (Å²) in [4.78, 5) is 14.6. The highest BCUT2D eigenvalue weighted by Gasteiger charge is 2.25. The molecule has 3 rings (SSSR count). The van der Waals surface area contributed by atoms with E-state index in [4.69, 9.17) is 0 Å². The zero-order valence-corrected chi connectivity index (χ0v) is 16.2. The molecule has 0 N–H and O–H groups in total. The Kier molecular flexibility index (Phi) is 5.47. The van der Waals surface area contributed by atoms with E-state index in [1.807, 2.05) is 16.4 Å². The number of hydrogen-bond acceptors (Lipinski definition) is 4. The van der Waals surface area contributed by atoms with Crippen LogP contribution in [0.4, 0.5) is 0 Å². The van der Waals surface area contributed by atoms with Gasteiger partial charge in [0.05, 0.1) is 5.75 Å². The third-order valence-electron chi connectivity index (χ3n) is 4.63. The lowest BCUT2D eigenvalue weighted by molar-refractivity contribution is -0.130. The Morgan fingerprint density at radius 1 is 1.12 bits per heavy atom. The van der Waals surface area contributed by atoms with Crippen LogP contribution in [0.2, 0.25) is 0 Å². The molecule has 0 saturated carbocycles. The minimum Gasteiger partial charge on any atom is -0.341 e. The van der Waals surface area contributed by atoms with Crippen LogP contribution < -0.4 is 0 Å². The molecule has 5 nitrogen and oxygen atoms in total. The van der Waals surface area contributed by atoms with Gasteiger partial charge in [0.2, 0.25) is 5.91 Å². The summed E-state index contributed by atoms with van der Waals surface area (Å²) in [5.74, 6) is 2.59. The van der Waals surface area contributed by atoms with Gasteiger partial charge in [0.25, 0.3) is 0 Å². The molecule has 0 radical (unpaired) electrons. The molecule has 1 amide bonds. The number of thioether (sulfide) groups is 1. The van der Waals surface area contributed by atoms with Crippen molar-refractivity contribution in [3.63, 3.8) is 0 Å². The van der Waals surface area contributed by atoms with Crippen molar-refractivity contribution in [1.82, 2.24) is 19.7 Å². The summed E-state index contributed by atoms with van der Waals surface area (Å²) in [6.07, 6.45) is 1.21. The number of rotatable bonds is 4. The van der Waals surface area contributed by atoms with E-state index in [1.54, 1.807) is 0 Å². The van der Waals surface area contributed by atoms with Gasteiger partial charge in [-0.15, -0.1) is 10.2 Å². The fraction of sp³-hybridized carbons (Fsp3) is 0.526. The lowest BCUT2D eigenvalue weighted by Crippen LogP contribution is -2.43. The van der Waals surface area contributed by atoms with Crippen LogP contribution in [0.1, 0.15) is 31.7 Å². The number of hydrogen-bond donors (Lipinski definition) is 0. The van der Waals surface area contributed by atoms with Crippen molar-refractivity contribution in [3.05, 3.63) is 35.7 Å². The maximum atomic E-state index is 12.6. The first-order chi connectivity index (χ1) is 11.9. The van der Waals surface area contributed by atoms with Crippen molar-refractivity contribution in [2.75, 3.05) is 18.8 Å². The fourth-order valence-electron chi connectivity index (χ4n) is 3.51. The van der Waals surface area contributed by atoms with Gasteiger partial charge in [-0.25, -0.2) is 0 Å². The van der Waals surface area contributed by atoms with E-state index in [-0.39, 0.29) is 5.91 Å². The molecule has 0 bridgehead atoms. The van der Waals surface area contributed by atoms with Crippen LogP contribution in [0, 0.1) is 25.7 Å². The zero-order valence-electron chi connectivity index (χ0n) is 15.4. The number of benzene rings is 1. The molecule has 0 aliphatic carbocycles. The van der Waals surface area contributed by atoms with Gasteiger partial charge in [0.15, 0.2) is 5.16 Å². The van der Waals surface area contributed by atoms with Gasteiger partial charge in [0, 0.05) is 18.8 Å². The molecule has 6 heteroatoms.